The maximum absolute atomic E-state index is 13.2. The molecule has 1 atom stereocenters. The zero-order valence-electron chi connectivity index (χ0n) is 7.73. The van der Waals surface area contributed by atoms with Crippen LogP contribution in [0.1, 0.15) is 18.0 Å². The highest BCUT2D eigenvalue weighted by Gasteiger charge is 2.19. The fourth-order valence-electron chi connectivity index (χ4n) is 1.25. The molecule has 15 heavy (non-hydrogen) atoms. The van der Waals surface area contributed by atoms with E-state index >= 15 is 0 Å². The van der Waals surface area contributed by atoms with E-state index in [1.165, 1.54) is 0 Å². The molecule has 80 valence electrons. The van der Waals surface area contributed by atoms with Crippen LogP contribution in [0.15, 0.2) is 12.1 Å². The van der Waals surface area contributed by atoms with Crippen LogP contribution in [0.4, 0.5) is 13.2 Å². The van der Waals surface area contributed by atoms with Crippen molar-refractivity contribution in [3.05, 3.63) is 35.1 Å². The monoisotopic (exact) mass is 214 g/mol. The molecule has 0 spiro atoms. The fraction of sp³-hybridized carbons (Fsp3) is 0.200. The Hall–Kier alpha value is -1.51. The lowest BCUT2D eigenvalue weighted by atomic mass is 10.0. The fourth-order valence-corrected chi connectivity index (χ4v) is 1.25. The maximum Gasteiger partial charge on any atom is 0.133 e. The quantitative estimate of drug-likeness (QED) is 0.456. The third kappa shape index (κ3) is 2.49. The van der Waals surface area contributed by atoms with Crippen LogP contribution in [0, 0.1) is 29.8 Å². The van der Waals surface area contributed by atoms with E-state index in [0.29, 0.717) is 12.1 Å². The van der Waals surface area contributed by atoms with Gasteiger partial charge in [0.05, 0.1) is 6.04 Å². The van der Waals surface area contributed by atoms with E-state index in [2.05, 4.69) is 11.3 Å². The van der Waals surface area contributed by atoms with Gasteiger partial charge in [0.1, 0.15) is 17.5 Å². The summed E-state index contributed by atoms with van der Waals surface area (Å²) in [5, 5.41) is 0. The standard InChI is InChI=1S/C10H9F3N2/c1-2-3-9(15-14)10-7(12)4-6(11)5-8(10)13/h1,4-5,9,15H,3,14H2. The summed E-state index contributed by atoms with van der Waals surface area (Å²) in [5.41, 5.74) is 1.83. The van der Waals surface area contributed by atoms with Crippen LogP contribution in [0.2, 0.25) is 0 Å². The van der Waals surface area contributed by atoms with Gasteiger partial charge in [-0.25, -0.2) is 13.2 Å². The molecule has 0 bridgehead atoms. The van der Waals surface area contributed by atoms with Crippen molar-refractivity contribution in [3.8, 4) is 12.3 Å². The Labute approximate surface area is 85.2 Å². The average molecular weight is 214 g/mol. The van der Waals surface area contributed by atoms with Crippen molar-refractivity contribution in [1.82, 2.24) is 5.43 Å². The average Bonchev–Trinajstić information content (AvgIpc) is 2.14. The largest absolute Gasteiger partial charge is 0.271 e. The summed E-state index contributed by atoms with van der Waals surface area (Å²) >= 11 is 0. The maximum atomic E-state index is 13.2. The second-order valence-electron chi connectivity index (χ2n) is 2.91. The minimum Gasteiger partial charge on any atom is -0.271 e. The van der Waals surface area contributed by atoms with Gasteiger partial charge in [-0.3, -0.25) is 11.3 Å². The number of hydrazine groups is 1. The van der Waals surface area contributed by atoms with E-state index in [4.69, 9.17) is 12.3 Å². The molecule has 1 aromatic rings. The van der Waals surface area contributed by atoms with E-state index in [-0.39, 0.29) is 12.0 Å². The van der Waals surface area contributed by atoms with Crippen molar-refractivity contribution in [2.45, 2.75) is 12.5 Å². The van der Waals surface area contributed by atoms with Crippen molar-refractivity contribution >= 4 is 0 Å². The van der Waals surface area contributed by atoms with Gasteiger partial charge >= 0.3 is 0 Å². The first kappa shape index (κ1) is 11.6. The second-order valence-corrected chi connectivity index (χ2v) is 2.91. The van der Waals surface area contributed by atoms with Crippen LogP contribution < -0.4 is 11.3 Å². The summed E-state index contributed by atoms with van der Waals surface area (Å²) in [6.45, 7) is 0. The van der Waals surface area contributed by atoms with Gasteiger partial charge < -0.3 is 0 Å². The Kier molecular flexibility index (Phi) is 3.72. The van der Waals surface area contributed by atoms with Crippen molar-refractivity contribution in [2.75, 3.05) is 0 Å². The normalized spacial score (nSPS) is 12.2. The number of hydrogen-bond donors (Lipinski definition) is 2. The molecule has 0 amide bonds. The molecule has 0 aromatic heterocycles. The van der Waals surface area contributed by atoms with Gasteiger partial charge in [-0.05, 0) is 0 Å². The van der Waals surface area contributed by atoms with Crippen LogP contribution in [-0.2, 0) is 0 Å². The van der Waals surface area contributed by atoms with Gasteiger partial charge in [0.25, 0.3) is 0 Å². The Morgan fingerprint density at radius 3 is 2.27 bits per heavy atom. The molecule has 3 N–H and O–H groups in total. The minimum atomic E-state index is -1.01. The predicted molar refractivity (Wildman–Crippen MR) is 49.8 cm³/mol. The summed E-state index contributed by atoms with van der Waals surface area (Å²) in [5.74, 6) is 4.31. The third-order valence-electron chi connectivity index (χ3n) is 1.92. The molecule has 1 rings (SSSR count). The second kappa shape index (κ2) is 4.82. The van der Waals surface area contributed by atoms with E-state index < -0.39 is 23.5 Å². The lowest BCUT2D eigenvalue weighted by Gasteiger charge is -2.15. The van der Waals surface area contributed by atoms with Gasteiger partial charge in [-0.15, -0.1) is 12.3 Å². The molecule has 0 saturated heterocycles. The number of benzene rings is 1. The Morgan fingerprint density at radius 1 is 1.33 bits per heavy atom. The van der Waals surface area contributed by atoms with Crippen LogP contribution in [0.5, 0.6) is 0 Å². The van der Waals surface area contributed by atoms with Crippen molar-refractivity contribution < 1.29 is 13.2 Å². The summed E-state index contributed by atoms with van der Waals surface area (Å²) in [4.78, 5) is 0. The van der Waals surface area contributed by atoms with E-state index in [0.717, 1.165) is 0 Å². The van der Waals surface area contributed by atoms with Crippen LogP contribution in [-0.4, -0.2) is 0 Å². The molecule has 0 fully saturated rings. The highest BCUT2D eigenvalue weighted by atomic mass is 19.1. The van der Waals surface area contributed by atoms with Crippen molar-refractivity contribution in [2.24, 2.45) is 5.84 Å². The highest BCUT2D eigenvalue weighted by molar-refractivity contribution is 5.25. The molecule has 0 heterocycles. The third-order valence-corrected chi connectivity index (χ3v) is 1.92. The smallest absolute Gasteiger partial charge is 0.133 e. The minimum absolute atomic E-state index is 0.00989. The SMILES string of the molecule is C#CCC(NN)c1c(F)cc(F)cc1F. The van der Waals surface area contributed by atoms with E-state index in [1.807, 2.05) is 0 Å². The lowest BCUT2D eigenvalue weighted by Crippen LogP contribution is -2.29. The van der Waals surface area contributed by atoms with Gasteiger partial charge in [-0.2, -0.15) is 0 Å². The zero-order chi connectivity index (χ0) is 11.4. The molecule has 1 unspecified atom stereocenters. The summed E-state index contributed by atoms with van der Waals surface area (Å²) in [6.07, 6.45) is 5.02. The molecular weight excluding hydrogens is 205 g/mol. The zero-order valence-corrected chi connectivity index (χ0v) is 7.73. The summed E-state index contributed by atoms with van der Waals surface area (Å²) in [7, 11) is 0. The number of rotatable bonds is 3. The Balaban J connectivity index is 3.18. The molecule has 1 aromatic carbocycles. The Bertz CT molecular complexity index is 375. The van der Waals surface area contributed by atoms with Gasteiger partial charge in [0.2, 0.25) is 0 Å². The van der Waals surface area contributed by atoms with Gasteiger partial charge in [-0.1, -0.05) is 0 Å². The molecule has 0 aliphatic heterocycles. The number of terminal acetylenes is 1. The number of nitrogens with two attached hydrogens (primary N) is 1. The first-order valence-electron chi connectivity index (χ1n) is 4.14. The molecule has 2 nitrogen and oxygen atoms in total. The molecule has 0 saturated carbocycles. The number of halogens is 3. The first-order valence-corrected chi connectivity index (χ1v) is 4.14. The van der Waals surface area contributed by atoms with Crippen molar-refractivity contribution in [3.63, 3.8) is 0 Å². The molecule has 0 aliphatic carbocycles. The molecule has 5 heteroatoms. The topological polar surface area (TPSA) is 38.0 Å². The first-order chi connectivity index (χ1) is 7.10. The van der Waals surface area contributed by atoms with Crippen LogP contribution in [0.3, 0.4) is 0 Å². The number of nitrogens with one attached hydrogen (secondary N) is 1. The lowest BCUT2D eigenvalue weighted by molar-refractivity contribution is 0.468. The van der Waals surface area contributed by atoms with Crippen LogP contribution >= 0.6 is 0 Å². The number of hydrogen-bond acceptors (Lipinski definition) is 2. The van der Waals surface area contributed by atoms with Gasteiger partial charge in [0.15, 0.2) is 0 Å². The molecule has 0 radical (unpaired) electrons. The predicted octanol–water partition coefficient (Wildman–Crippen LogP) is 1.63. The highest BCUT2D eigenvalue weighted by Crippen LogP contribution is 2.23. The summed E-state index contributed by atoms with van der Waals surface area (Å²) < 4.78 is 39.0. The van der Waals surface area contributed by atoms with E-state index in [9.17, 15) is 13.2 Å². The van der Waals surface area contributed by atoms with Crippen molar-refractivity contribution in [1.29, 1.82) is 0 Å². The van der Waals surface area contributed by atoms with Crippen LogP contribution in [0.25, 0.3) is 0 Å². The molecular formula is C10H9F3N2. The van der Waals surface area contributed by atoms with Gasteiger partial charge in [0, 0.05) is 24.1 Å². The Morgan fingerprint density at radius 2 is 1.87 bits per heavy atom. The summed E-state index contributed by atoms with van der Waals surface area (Å²) in [6, 6.07) is 0.300. The van der Waals surface area contributed by atoms with E-state index in [1.54, 1.807) is 0 Å². The molecule has 0 aliphatic rings.